The number of carbonyl (C=O) groups is 3. The fraction of sp³-hybridized carbons (Fsp3) is 0.154. The zero-order valence-electron chi connectivity index (χ0n) is 19.8. The molecule has 0 bridgehead atoms. The zero-order valence-corrected chi connectivity index (χ0v) is 19.8. The van der Waals surface area contributed by atoms with Crippen LogP contribution in [0.5, 0.6) is 17.2 Å². The number of hydrogen-bond donors (Lipinski definition) is 3. The third kappa shape index (κ3) is 7.87. The van der Waals surface area contributed by atoms with Gasteiger partial charge in [-0.15, -0.1) is 0 Å². The normalized spacial score (nSPS) is 10.4. The molecule has 3 aromatic rings. The second-order valence-electron chi connectivity index (χ2n) is 7.34. The Bertz CT molecular complexity index is 1210. The van der Waals surface area contributed by atoms with E-state index in [4.69, 9.17) is 14.2 Å². The van der Waals surface area contributed by atoms with Gasteiger partial charge in [0.2, 0.25) is 0 Å². The molecule has 0 fully saturated rings. The van der Waals surface area contributed by atoms with Crippen LogP contribution in [0.2, 0.25) is 0 Å². The lowest BCUT2D eigenvalue weighted by atomic mass is 10.2. The maximum absolute atomic E-state index is 12.1. The van der Waals surface area contributed by atoms with Gasteiger partial charge in [0.1, 0.15) is 5.75 Å². The summed E-state index contributed by atoms with van der Waals surface area (Å²) in [5.41, 5.74) is 4.23. The van der Waals surface area contributed by atoms with Crippen LogP contribution >= 0.6 is 0 Å². The summed E-state index contributed by atoms with van der Waals surface area (Å²) in [4.78, 5) is 36.0. The first-order chi connectivity index (χ1) is 17.5. The molecule has 186 valence electrons. The van der Waals surface area contributed by atoms with Crippen LogP contribution in [0.1, 0.15) is 11.1 Å². The predicted octanol–water partition coefficient (Wildman–Crippen LogP) is 2.49. The summed E-state index contributed by atoms with van der Waals surface area (Å²) in [6.45, 7) is -0.0254. The van der Waals surface area contributed by atoms with Crippen LogP contribution in [-0.4, -0.2) is 44.8 Å². The minimum absolute atomic E-state index is 0.183. The van der Waals surface area contributed by atoms with Gasteiger partial charge in [-0.05, 0) is 53.6 Å². The Morgan fingerprint density at radius 2 is 1.61 bits per heavy atom. The number of anilines is 1. The second kappa shape index (κ2) is 13.1. The smallest absolute Gasteiger partial charge is 0.329 e. The van der Waals surface area contributed by atoms with Crippen LogP contribution in [-0.2, 0) is 20.9 Å². The SMILES string of the molecule is COc1ccc(CNC(=O)C(=O)N/N=C\c2ccc(OCC(=O)Nc3ccccc3)c(OC)c2)cc1. The molecule has 3 amide bonds. The molecule has 0 aromatic heterocycles. The van der Waals surface area contributed by atoms with E-state index >= 15 is 0 Å². The Hall–Kier alpha value is -4.86. The van der Waals surface area contributed by atoms with E-state index in [9.17, 15) is 14.4 Å². The third-order valence-electron chi connectivity index (χ3n) is 4.80. The first kappa shape index (κ1) is 25.8. The number of ether oxygens (including phenoxy) is 3. The number of nitrogens with one attached hydrogen (secondary N) is 3. The molecule has 0 atom stereocenters. The van der Waals surface area contributed by atoms with Gasteiger partial charge in [-0.25, -0.2) is 5.43 Å². The topological polar surface area (TPSA) is 127 Å². The lowest BCUT2D eigenvalue weighted by molar-refractivity contribution is -0.139. The standard InChI is InChI=1S/C26H26N4O6/c1-34-21-11-8-18(9-12-21)15-27-25(32)26(33)30-28-16-19-10-13-22(23(14-19)35-2)36-17-24(31)29-20-6-4-3-5-7-20/h3-14,16H,15,17H2,1-2H3,(H,27,32)(H,29,31)(H,30,33)/b28-16-. The number of methoxy groups -OCH3 is 2. The molecule has 3 aromatic carbocycles. The fourth-order valence-corrected chi connectivity index (χ4v) is 2.97. The van der Waals surface area contributed by atoms with Crippen molar-refractivity contribution < 1.29 is 28.6 Å². The van der Waals surface area contributed by atoms with E-state index < -0.39 is 11.8 Å². The molecule has 0 aliphatic heterocycles. The number of amides is 3. The number of hydrogen-bond acceptors (Lipinski definition) is 7. The Morgan fingerprint density at radius 3 is 2.31 bits per heavy atom. The van der Waals surface area contributed by atoms with Gasteiger partial charge in [-0.1, -0.05) is 30.3 Å². The number of rotatable bonds is 10. The van der Waals surface area contributed by atoms with E-state index in [1.165, 1.54) is 13.3 Å². The minimum atomic E-state index is -0.906. The largest absolute Gasteiger partial charge is 0.497 e. The lowest BCUT2D eigenvalue weighted by Gasteiger charge is -2.11. The molecular weight excluding hydrogens is 464 g/mol. The molecule has 0 unspecified atom stereocenters. The van der Waals surface area contributed by atoms with Crippen LogP contribution < -0.4 is 30.3 Å². The molecule has 0 saturated heterocycles. The summed E-state index contributed by atoms with van der Waals surface area (Å²) < 4.78 is 15.9. The lowest BCUT2D eigenvalue weighted by Crippen LogP contribution is -2.37. The number of nitrogens with zero attached hydrogens (tertiary/aromatic N) is 1. The summed E-state index contributed by atoms with van der Waals surface area (Å²) in [5.74, 6) is -0.618. The molecule has 0 heterocycles. The molecule has 0 spiro atoms. The number of benzene rings is 3. The van der Waals surface area contributed by atoms with Crippen molar-refractivity contribution in [3.05, 3.63) is 83.9 Å². The van der Waals surface area contributed by atoms with Gasteiger partial charge >= 0.3 is 11.8 Å². The quantitative estimate of drug-likeness (QED) is 0.228. The number of hydrazone groups is 1. The maximum atomic E-state index is 12.1. The van der Waals surface area contributed by atoms with Crippen molar-refractivity contribution in [1.29, 1.82) is 0 Å². The van der Waals surface area contributed by atoms with Crippen LogP contribution in [0.25, 0.3) is 0 Å². The van der Waals surface area contributed by atoms with Gasteiger partial charge in [-0.3, -0.25) is 14.4 Å². The van der Waals surface area contributed by atoms with Crippen molar-refractivity contribution in [1.82, 2.24) is 10.7 Å². The molecule has 0 saturated carbocycles. The average molecular weight is 491 g/mol. The molecule has 36 heavy (non-hydrogen) atoms. The first-order valence-electron chi connectivity index (χ1n) is 10.9. The molecule has 0 aliphatic rings. The average Bonchev–Trinajstić information content (AvgIpc) is 2.91. The summed E-state index contributed by atoms with van der Waals surface area (Å²) in [6, 6.07) is 21.0. The maximum Gasteiger partial charge on any atom is 0.329 e. The minimum Gasteiger partial charge on any atom is -0.497 e. The van der Waals surface area contributed by atoms with E-state index in [1.54, 1.807) is 61.7 Å². The van der Waals surface area contributed by atoms with E-state index in [-0.39, 0.29) is 19.1 Å². The molecular formula is C26H26N4O6. The highest BCUT2D eigenvalue weighted by atomic mass is 16.5. The highest BCUT2D eigenvalue weighted by Gasteiger charge is 2.12. The highest BCUT2D eigenvalue weighted by molar-refractivity contribution is 6.35. The Kier molecular flexibility index (Phi) is 9.40. The molecule has 3 N–H and O–H groups in total. The van der Waals surface area contributed by atoms with Crippen LogP contribution in [0.4, 0.5) is 5.69 Å². The molecule has 0 aliphatic carbocycles. The van der Waals surface area contributed by atoms with E-state index in [0.717, 1.165) is 5.56 Å². The van der Waals surface area contributed by atoms with Crippen LogP contribution in [0, 0.1) is 0 Å². The predicted molar refractivity (Wildman–Crippen MR) is 134 cm³/mol. The van der Waals surface area contributed by atoms with Crippen molar-refractivity contribution in [3.63, 3.8) is 0 Å². The molecule has 3 rings (SSSR count). The van der Waals surface area contributed by atoms with Crippen LogP contribution in [0.15, 0.2) is 77.9 Å². The van der Waals surface area contributed by atoms with Gasteiger partial charge in [0.25, 0.3) is 5.91 Å². The summed E-state index contributed by atoms with van der Waals surface area (Å²) in [7, 11) is 3.02. The van der Waals surface area contributed by atoms with Crippen LogP contribution in [0.3, 0.4) is 0 Å². The summed E-state index contributed by atoms with van der Waals surface area (Å²) in [6.07, 6.45) is 1.35. The van der Waals surface area contributed by atoms with E-state index in [1.807, 2.05) is 18.2 Å². The fourth-order valence-electron chi connectivity index (χ4n) is 2.97. The Balaban J connectivity index is 1.47. The van der Waals surface area contributed by atoms with Crippen molar-refractivity contribution in [2.45, 2.75) is 6.54 Å². The zero-order chi connectivity index (χ0) is 25.8. The van der Waals surface area contributed by atoms with Crippen molar-refractivity contribution in [2.75, 3.05) is 26.1 Å². The van der Waals surface area contributed by atoms with Gasteiger partial charge in [-0.2, -0.15) is 5.10 Å². The van der Waals surface area contributed by atoms with Gasteiger partial charge in [0, 0.05) is 12.2 Å². The first-order valence-corrected chi connectivity index (χ1v) is 10.9. The van der Waals surface area contributed by atoms with Gasteiger partial charge < -0.3 is 24.8 Å². The van der Waals surface area contributed by atoms with Crippen molar-refractivity contribution >= 4 is 29.6 Å². The van der Waals surface area contributed by atoms with E-state index in [2.05, 4.69) is 21.2 Å². The number of para-hydroxylation sites is 1. The van der Waals surface area contributed by atoms with Gasteiger partial charge in [0.05, 0.1) is 20.4 Å². The Labute approximate surface area is 208 Å². The number of carbonyl (C=O) groups excluding carboxylic acids is 3. The second-order valence-corrected chi connectivity index (χ2v) is 7.34. The van der Waals surface area contributed by atoms with Crippen molar-refractivity contribution in [2.24, 2.45) is 5.10 Å². The van der Waals surface area contributed by atoms with E-state index in [0.29, 0.717) is 28.5 Å². The monoisotopic (exact) mass is 490 g/mol. The molecule has 0 radical (unpaired) electrons. The Morgan fingerprint density at radius 1 is 0.861 bits per heavy atom. The third-order valence-corrected chi connectivity index (χ3v) is 4.80. The van der Waals surface area contributed by atoms with Crippen molar-refractivity contribution in [3.8, 4) is 17.2 Å². The molecule has 10 nitrogen and oxygen atoms in total. The summed E-state index contributed by atoms with van der Waals surface area (Å²) in [5, 5.41) is 9.05. The molecule has 10 heteroatoms. The highest BCUT2D eigenvalue weighted by Crippen LogP contribution is 2.27. The van der Waals surface area contributed by atoms with Gasteiger partial charge in [0.15, 0.2) is 18.1 Å². The summed E-state index contributed by atoms with van der Waals surface area (Å²) >= 11 is 0.